The van der Waals surface area contributed by atoms with Gasteiger partial charge in [-0.1, -0.05) is 30.3 Å². The van der Waals surface area contributed by atoms with Crippen LogP contribution >= 0.6 is 12.2 Å². The van der Waals surface area contributed by atoms with Crippen molar-refractivity contribution < 1.29 is 14.0 Å². The Morgan fingerprint density at radius 3 is 2.52 bits per heavy atom. The van der Waals surface area contributed by atoms with Gasteiger partial charge in [-0.3, -0.25) is 14.9 Å². The molecule has 7 heteroatoms. The van der Waals surface area contributed by atoms with Gasteiger partial charge in [0.1, 0.15) is 11.4 Å². The second-order valence-electron chi connectivity index (χ2n) is 6.32. The normalized spacial score (nSPS) is 18.6. The summed E-state index contributed by atoms with van der Waals surface area (Å²) in [7, 11) is 0. The molecule has 0 aliphatic carbocycles. The third-order valence-electron chi connectivity index (χ3n) is 4.63. The number of halogens is 1. The molecule has 0 spiro atoms. The van der Waals surface area contributed by atoms with Crippen molar-refractivity contribution in [2.45, 2.75) is 12.8 Å². The van der Waals surface area contributed by atoms with Crippen molar-refractivity contribution in [3.63, 3.8) is 0 Å². The summed E-state index contributed by atoms with van der Waals surface area (Å²) in [5.41, 5.74) is 2.05. The molecule has 1 saturated heterocycles. The highest BCUT2D eigenvalue weighted by atomic mass is 32.1. The van der Waals surface area contributed by atoms with Gasteiger partial charge in [-0.2, -0.15) is 0 Å². The lowest BCUT2D eigenvalue weighted by molar-refractivity contribution is -0.122. The number of nitrogens with one attached hydrogen (secondary N) is 1. The molecular weight excluding hydrogens is 365 g/mol. The highest BCUT2D eigenvalue weighted by Gasteiger charge is 2.36. The van der Waals surface area contributed by atoms with E-state index in [4.69, 9.17) is 12.2 Å². The standard InChI is InChI=1S/C20H16FN3O2S/c21-15-8-2-4-10-17(15)24-19(26)14(18(25)22-20(24)27)12-23-11-5-7-13-6-1-3-9-16(13)23/h1-4,6,8-10,12H,5,7,11H2,(H,22,25,27). The fraction of sp³-hybridized carbons (Fsp3) is 0.150. The summed E-state index contributed by atoms with van der Waals surface area (Å²) in [4.78, 5) is 28.3. The van der Waals surface area contributed by atoms with Gasteiger partial charge in [-0.25, -0.2) is 9.29 Å². The number of hydrogen-bond donors (Lipinski definition) is 1. The number of thiocarbonyl (C=S) groups is 1. The number of nitrogens with zero attached hydrogens (tertiary/aromatic N) is 2. The highest BCUT2D eigenvalue weighted by molar-refractivity contribution is 7.80. The first-order valence-corrected chi connectivity index (χ1v) is 8.98. The molecule has 2 heterocycles. The van der Waals surface area contributed by atoms with Gasteiger partial charge in [0.05, 0.1) is 5.69 Å². The highest BCUT2D eigenvalue weighted by Crippen LogP contribution is 2.29. The molecule has 136 valence electrons. The summed E-state index contributed by atoms with van der Waals surface area (Å²) in [5.74, 6) is -1.82. The molecule has 5 nitrogen and oxygen atoms in total. The van der Waals surface area contributed by atoms with Gasteiger partial charge in [0.15, 0.2) is 5.11 Å². The van der Waals surface area contributed by atoms with Crippen molar-refractivity contribution in [3.05, 3.63) is 71.7 Å². The molecule has 0 aromatic heterocycles. The lowest BCUT2D eigenvalue weighted by Crippen LogP contribution is -2.55. The summed E-state index contributed by atoms with van der Waals surface area (Å²) < 4.78 is 14.2. The zero-order valence-corrected chi connectivity index (χ0v) is 15.1. The van der Waals surface area contributed by atoms with Crippen LogP contribution in [-0.2, 0) is 16.0 Å². The van der Waals surface area contributed by atoms with E-state index in [9.17, 15) is 14.0 Å². The third-order valence-corrected chi connectivity index (χ3v) is 4.91. The van der Waals surface area contributed by atoms with Crippen LogP contribution in [0.25, 0.3) is 0 Å². The monoisotopic (exact) mass is 381 g/mol. The van der Waals surface area contributed by atoms with Crippen LogP contribution < -0.4 is 15.1 Å². The number of fused-ring (bicyclic) bond motifs is 1. The first kappa shape index (κ1) is 17.4. The second-order valence-corrected chi connectivity index (χ2v) is 6.71. The minimum absolute atomic E-state index is 0.0115. The van der Waals surface area contributed by atoms with Gasteiger partial charge in [-0.15, -0.1) is 0 Å². The Labute approximate surface area is 161 Å². The maximum atomic E-state index is 14.2. The number of rotatable bonds is 2. The van der Waals surface area contributed by atoms with Gasteiger partial charge in [-0.05, 0) is 48.8 Å². The van der Waals surface area contributed by atoms with Crippen molar-refractivity contribution >= 4 is 40.5 Å². The molecule has 2 amide bonds. The van der Waals surface area contributed by atoms with E-state index < -0.39 is 17.6 Å². The summed E-state index contributed by atoms with van der Waals surface area (Å²) >= 11 is 5.11. The zero-order valence-electron chi connectivity index (χ0n) is 14.3. The predicted molar refractivity (Wildman–Crippen MR) is 105 cm³/mol. The van der Waals surface area contributed by atoms with E-state index in [-0.39, 0.29) is 16.4 Å². The van der Waals surface area contributed by atoms with E-state index in [1.165, 1.54) is 24.4 Å². The lowest BCUT2D eigenvalue weighted by atomic mass is 10.0. The van der Waals surface area contributed by atoms with Crippen LogP contribution in [0.3, 0.4) is 0 Å². The molecule has 2 aliphatic rings. The van der Waals surface area contributed by atoms with Gasteiger partial charge < -0.3 is 4.90 Å². The number of benzene rings is 2. The number of carbonyl (C=O) groups is 2. The number of hydrogen-bond acceptors (Lipinski definition) is 4. The molecular formula is C20H16FN3O2S. The van der Waals surface area contributed by atoms with Gasteiger partial charge in [0.25, 0.3) is 11.8 Å². The van der Waals surface area contributed by atoms with Crippen LogP contribution in [0, 0.1) is 5.82 Å². The Hall–Kier alpha value is -3.06. The summed E-state index contributed by atoms with van der Waals surface area (Å²) in [6.07, 6.45) is 3.39. The summed E-state index contributed by atoms with van der Waals surface area (Å²) in [6, 6.07) is 13.7. The van der Waals surface area contributed by atoms with Crippen LogP contribution in [0.2, 0.25) is 0 Å². The van der Waals surface area contributed by atoms with Crippen LogP contribution in [-0.4, -0.2) is 23.5 Å². The van der Waals surface area contributed by atoms with E-state index in [2.05, 4.69) is 5.32 Å². The molecule has 2 aliphatic heterocycles. The Morgan fingerprint density at radius 1 is 1.04 bits per heavy atom. The summed E-state index contributed by atoms with van der Waals surface area (Å²) in [5, 5.41) is 2.35. The van der Waals surface area contributed by atoms with Gasteiger partial charge >= 0.3 is 0 Å². The van der Waals surface area contributed by atoms with Crippen molar-refractivity contribution in [2.24, 2.45) is 0 Å². The Balaban J connectivity index is 1.74. The van der Waals surface area contributed by atoms with E-state index in [1.54, 1.807) is 6.07 Å². The lowest BCUT2D eigenvalue weighted by Gasteiger charge is -2.32. The van der Waals surface area contributed by atoms with E-state index >= 15 is 0 Å². The van der Waals surface area contributed by atoms with Crippen molar-refractivity contribution in [2.75, 3.05) is 16.3 Å². The van der Waals surface area contributed by atoms with Crippen molar-refractivity contribution in [1.82, 2.24) is 5.32 Å². The molecule has 0 unspecified atom stereocenters. The molecule has 2 aromatic rings. The topological polar surface area (TPSA) is 52.7 Å². The first-order valence-electron chi connectivity index (χ1n) is 8.57. The van der Waals surface area contributed by atoms with Crippen molar-refractivity contribution in [1.29, 1.82) is 0 Å². The quantitative estimate of drug-likeness (QED) is 0.494. The smallest absolute Gasteiger partial charge is 0.271 e. The summed E-state index contributed by atoms with van der Waals surface area (Å²) in [6.45, 7) is 0.686. The molecule has 1 N–H and O–H groups in total. The minimum atomic E-state index is -0.642. The van der Waals surface area contributed by atoms with Gasteiger partial charge in [0.2, 0.25) is 0 Å². The van der Waals surface area contributed by atoms with E-state index in [1.807, 2.05) is 29.2 Å². The molecule has 27 heavy (non-hydrogen) atoms. The van der Waals surface area contributed by atoms with Crippen molar-refractivity contribution in [3.8, 4) is 0 Å². The Kier molecular flexibility index (Phi) is 4.45. The maximum absolute atomic E-state index is 14.2. The SMILES string of the molecule is O=C1NC(=S)N(c2ccccc2F)C(=O)C1=CN1CCCc2ccccc21. The number of carbonyl (C=O) groups excluding carboxylic acids is 2. The van der Waals surface area contributed by atoms with Crippen LogP contribution in [0.15, 0.2) is 60.3 Å². The fourth-order valence-electron chi connectivity index (χ4n) is 3.35. The third kappa shape index (κ3) is 3.10. The molecule has 0 bridgehead atoms. The number of anilines is 2. The zero-order chi connectivity index (χ0) is 19.0. The van der Waals surface area contributed by atoms with Crippen LogP contribution in [0.1, 0.15) is 12.0 Å². The average Bonchev–Trinajstić information content (AvgIpc) is 2.66. The van der Waals surface area contributed by atoms with E-state index in [0.717, 1.165) is 29.0 Å². The largest absolute Gasteiger partial charge is 0.347 e. The second kappa shape index (κ2) is 6.92. The van der Waals surface area contributed by atoms with E-state index in [0.29, 0.717) is 6.54 Å². The first-order chi connectivity index (χ1) is 13.1. The molecule has 2 aromatic carbocycles. The maximum Gasteiger partial charge on any atom is 0.271 e. The molecule has 0 atom stereocenters. The number of para-hydroxylation sites is 2. The average molecular weight is 381 g/mol. The minimum Gasteiger partial charge on any atom is -0.347 e. The number of amides is 2. The predicted octanol–water partition coefficient (Wildman–Crippen LogP) is 2.91. The molecule has 4 rings (SSSR count). The Morgan fingerprint density at radius 2 is 1.74 bits per heavy atom. The van der Waals surface area contributed by atoms with Crippen LogP contribution in [0.5, 0.6) is 0 Å². The Bertz CT molecular complexity index is 989. The van der Waals surface area contributed by atoms with Gasteiger partial charge in [0, 0.05) is 18.4 Å². The molecule has 1 fully saturated rings. The van der Waals surface area contributed by atoms with Crippen LogP contribution in [0.4, 0.5) is 15.8 Å². The molecule has 0 saturated carbocycles. The molecule has 0 radical (unpaired) electrons. The fourth-order valence-corrected chi connectivity index (χ4v) is 3.62. The number of aryl methyl sites for hydroxylation is 1.